The standard InChI is InChI=1S/C14H15F3N4/c1-8(6-9-2-4-10(15)5-3-9)19-13-11(16)7-12(17)14(20-13)21-18/h2-5,7-8H,6,18H2,1H3,(H2,19,20,21). The number of nitrogen functional groups attached to an aromatic ring is 1. The molecule has 112 valence electrons. The molecule has 4 N–H and O–H groups in total. The summed E-state index contributed by atoms with van der Waals surface area (Å²) in [4.78, 5) is 3.73. The minimum Gasteiger partial charge on any atom is -0.365 e. The van der Waals surface area contributed by atoms with Crippen molar-refractivity contribution in [3.8, 4) is 0 Å². The van der Waals surface area contributed by atoms with Crippen molar-refractivity contribution in [2.75, 3.05) is 10.7 Å². The van der Waals surface area contributed by atoms with E-state index in [0.717, 1.165) is 5.56 Å². The maximum atomic E-state index is 13.6. The Morgan fingerprint density at radius 3 is 2.33 bits per heavy atom. The van der Waals surface area contributed by atoms with E-state index in [1.807, 2.05) is 6.92 Å². The molecule has 0 bridgehead atoms. The second kappa shape index (κ2) is 6.45. The zero-order chi connectivity index (χ0) is 15.4. The van der Waals surface area contributed by atoms with Crippen molar-refractivity contribution < 1.29 is 13.2 Å². The number of hydrazine groups is 1. The molecule has 2 aromatic rings. The third-order valence-corrected chi connectivity index (χ3v) is 2.90. The maximum Gasteiger partial charge on any atom is 0.178 e. The monoisotopic (exact) mass is 296 g/mol. The van der Waals surface area contributed by atoms with Gasteiger partial charge in [0.25, 0.3) is 0 Å². The summed E-state index contributed by atoms with van der Waals surface area (Å²) in [7, 11) is 0. The molecule has 1 aromatic carbocycles. The first-order chi connectivity index (χ1) is 9.99. The Bertz CT molecular complexity index is 616. The molecule has 0 aliphatic heterocycles. The highest BCUT2D eigenvalue weighted by molar-refractivity contribution is 5.47. The van der Waals surface area contributed by atoms with Crippen LogP contribution in [0.15, 0.2) is 30.3 Å². The van der Waals surface area contributed by atoms with Gasteiger partial charge >= 0.3 is 0 Å². The van der Waals surface area contributed by atoms with Crippen molar-refractivity contribution in [3.05, 3.63) is 53.3 Å². The van der Waals surface area contributed by atoms with Gasteiger partial charge in [0.1, 0.15) is 5.82 Å². The lowest BCUT2D eigenvalue weighted by Crippen LogP contribution is -2.21. The Labute approximate surface area is 120 Å². The van der Waals surface area contributed by atoms with Crippen molar-refractivity contribution in [2.24, 2.45) is 5.84 Å². The van der Waals surface area contributed by atoms with Crippen LogP contribution in [-0.4, -0.2) is 11.0 Å². The molecular formula is C14H15F3N4. The fraction of sp³-hybridized carbons (Fsp3) is 0.214. The summed E-state index contributed by atoms with van der Waals surface area (Å²) < 4.78 is 39.7. The molecule has 4 nitrogen and oxygen atoms in total. The predicted octanol–water partition coefficient (Wildman–Crippen LogP) is 2.83. The highest BCUT2D eigenvalue weighted by Crippen LogP contribution is 2.19. The molecule has 0 aliphatic rings. The lowest BCUT2D eigenvalue weighted by molar-refractivity contribution is 0.575. The summed E-state index contributed by atoms with van der Waals surface area (Å²) in [6.07, 6.45) is 0.532. The Morgan fingerprint density at radius 2 is 1.71 bits per heavy atom. The molecule has 7 heteroatoms. The molecule has 2 rings (SSSR count). The molecule has 21 heavy (non-hydrogen) atoms. The largest absolute Gasteiger partial charge is 0.365 e. The van der Waals surface area contributed by atoms with E-state index in [4.69, 9.17) is 5.84 Å². The molecular weight excluding hydrogens is 281 g/mol. The van der Waals surface area contributed by atoms with Gasteiger partial charge in [-0.2, -0.15) is 0 Å². The third kappa shape index (κ3) is 3.85. The first kappa shape index (κ1) is 15.1. The van der Waals surface area contributed by atoms with Gasteiger partial charge in [0.2, 0.25) is 0 Å². The van der Waals surface area contributed by atoms with Gasteiger partial charge in [-0.1, -0.05) is 12.1 Å². The smallest absolute Gasteiger partial charge is 0.178 e. The molecule has 0 amide bonds. The van der Waals surface area contributed by atoms with Gasteiger partial charge in [-0.15, -0.1) is 0 Å². The molecule has 1 aromatic heterocycles. The minimum absolute atomic E-state index is 0.0982. The number of pyridine rings is 1. The summed E-state index contributed by atoms with van der Waals surface area (Å²) in [5, 5.41) is 2.83. The first-order valence-electron chi connectivity index (χ1n) is 6.33. The number of benzene rings is 1. The van der Waals surface area contributed by atoms with Gasteiger partial charge in [0.15, 0.2) is 23.3 Å². The number of hydrogen-bond donors (Lipinski definition) is 3. The van der Waals surface area contributed by atoms with Gasteiger partial charge in [0.05, 0.1) is 0 Å². The van der Waals surface area contributed by atoms with Crippen molar-refractivity contribution in [1.29, 1.82) is 0 Å². The van der Waals surface area contributed by atoms with Gasteiger partial charge in [-0.3, -0.25) is 0 Å². The summed E-state index contributed by atoms with van der Waals surface area (Å²) >= 11 is 0. The topological polar surface area (TPSA) is 63.0 Å². The van der Waals surface area contributed by atoms with Crippen molar-refractivity contribution in [2.45, 2.75) is 19.4 Å². The van der Waals surface area contributed by atoms with Crippen LogP contribution in [-0.2, 0) is 6.42 Å². The molecule has 1 heterocycles. The second-order valence-electron chi connectivity index (χ2n) is 4.67. The predicted molar refractivity (Wildman–Crippen MR) is 75.2 cm³/mol. The summed E-state index contributed by atoms with van der Waals surface area (Å²) in [5.74, 6) is 2.77. The van der Waals surface area contributed by atoms with E-state index in [2.05, 4.69) is 15.7 Å². The number of nitrogens with one attached hydrogen (secondary N) is 2. The summed E-state index contributed by atoms with van der Waals surface area (Å²) in [5.41, 5.74) is 2.94. The fourth-order valence-electron chi connectivity index (χ4n) is 1.93. The van der Waals surface area contributed by atoms with Crippen LogP contribution in [0.25, 0.3) is 0 Å². The zero-order valence-corrected chi connectivity index (χ0v) is 11.3. The summed E-state index contributed by atoms with van der Waals surface area (Å²) in [6, 6.07) is 6.53. The Hall–Kier alpha value is -2.28. The molecule has 0 radical (unpaired) electrons. The minimum atomic E-state index is -0.869. The molecule has 0 saturated heterocycles. The van der Waals surface area contributed by atoms with E-state index < -0.39 is 11.6 Å². The zero-order valence-electron chi connectivity index (χ0n) is 11.3. The van der Waals surface area contributed by atoms with E-state index in [-0.39, 0.29) is 23.5 Å². The van der Waals surface area contributed by atoms with Crippen LogP contribution in [0.2, 0.25) is 0 Å². The van der Waals surface area contributed by atoms with Gasteiger partial charge < -0.3 is 10.7 Å². The van der Waals surface area contributed by atoms with E-state index in [9.17, 15) is 13.2 Å². The Balaban J connectivity index is 2.08. The van der Waals surface area contributed by atoms with Crippen LogP contribution >= 0.6 is 0 Å². The normalized spacial score (nSPS) is 12.0. The van der Waals surface area contributed by atoms with Gasteiger partial charge in [-0.25, -0.2) is 24.0 Å². The first-order valence-corrected chi connectivity index (χ1v) is 6.33. The Morgan fingerprint density at radius 1 is 1.10 bits per heavy atom. The van der Waals surface area contributed by atoms with Crippen LogP contribution in [0, 0.1) is 17.5 Å². The number of nitrogens with two attached hydrogens (primary N) is 1. The van der Waals surface area contributed by atoms with E-state index in [0.29, 0.717) is 12.5 Å². The average molecular weight is 296 g/mol. The number of anilines is 2. The van der Waals surface area contributed by atoms with Crippen LogP contribution < -0.4 is 16.6 Å². The average Bonchev–Trinajstić information content (AvgIpc) is 2.44. The summed E-state index contributed by atoms with van der Waals surface area (Å²) in [6.45, 7) is 1.81. The maximum absolute atomic E-state index is 13.6. The molecule has 0 spiro atoms. The fourth-order valence-corrected chi connectivity index (χ4v) is 1.93. The second-order valence-corrected chi connectivity index (χ2v) is 4.67. The molecule has 0 fully saturated rings. The van der Waals surface area contributed by atoms with Gasteiger partial charge in [0, 0.05) is 12.1 Å². The number of hydrogen-bond acceptors (Lipinski definition) is 4. The van der Waals surface area contributed by atoms with Crippen molar-refractivity contribution >= 4 is 11.6 Å². The van der Waals surface area contributed by atoms with E-state index in [1.165, 1.54) is 12.1 Å². The SMILES string of the molecule is CC(Cc1ccc(F)cc1)Nc1nc(NN)c(F)cc1F. The highest BCUT2D eigenvalue weighted by Gasteiger charge is 2.13. The highest BCUT2D eigenvalue weighted by atomic mass is 19.1. The van der Waals surface area contributed by atoms with Crippen LogP contribution in [0.3, 0.4) is 0 Å². The molecule has 0 saturated carbocycles. The number of nitrogens with zero attached hydrogens (tertiary/aromatic N) is 1. The number of rotatable bonds is 5. The number of aromatic nitrogens is 1. The number of halogens is 3. The van der Waals surface area contributed by atoms with Crippen molar-refractivity contribution in [1.82, 2.24) is 4.98 Å². The van der Waals surface area contributed by atoms with Gasteiger partial charge in [-0.05, 0) is 31.0 Å². The van der Waals surface area contributed by atoms with E-state index >= 15 is 0 Å². The van der Waals surface area contributed by atoms with Crippen LogP contribution in [0.1, 0.15) is 12.5 Å². The lowest BCUT2D eigenvalue weighted by Gasteiger charge is -2.16. The molecule has 1 atom stereocenters. The van der Waals surface area contributed by atoms with Crippen LogP contribution in [0.4, 0.5) is 24.8 Å². The van der Waals surface area contributed by atoms with E-state index in [1.54, 1.807) is 12.1 Å². The quantitative estimate of drug-likeness (QED) is 0.586. The van der Waals surface area contributed by atoms with Crippen LogP contribution in [0.5, 0.6) is 0 Å². The molecule has 0 aliphatic carbocycles. The van der Waals surface area contributed by atoms with Crippen molar-refractivity contribution in [3.63, 3.8) is 0 Å². The third-order valence-electron chi connectivity index (χ3n) is 2.90. The molecule has 1 unspecified atom stereocenters. The Kier molecular flexibility index (Phi) is 4.64. The lowest BCUT2D eigenvalue weighted by atomic mass is 10.1.